The molecule has 32 heavy (non-hydrogen) atoms. The predicted molar refractivity (Wildman–Crippen MR) is 142 cm³/mol. The summed E-state index contributed by atoms with van der Waals surface area (Å²) in [6, 6.07) is 22.0. The number of nitrogens with zero attached hydrogens (tertiary/aromatic N) is 2. The Balaban J connectivity index is 1.43. The van der Waals surface area contributed by atoms with Gasteiger partial charge in [0.15, 0.2) is 0 Å². The zero-order valence-electron chi connectivity index (χ0n) is 19.0. The highest BCUT2D eigenvalue weighted by molar-refractivity contribution is 7.99. The highest BCUT2D eigenvalue weighted by Crippen LogP contribution is 2.38. The number of benzene rings is 3. The molecule has 162 valence electrons. The quantitative estimate of drug-likeness (QED) is 0.260. The molecule has 0 unspecified atom stereocenters. The van der Waals surface area contributed by atoms with Crippen molar-refractivity contribution in [2.75, 3.05) is 0 Å². The Labute approximate surface area is 201 Å². The van der Waals surface area contributed by atoms with E-state index < -0.39 is 0 Å². The third-order valence-corrected chi connectivity index (χ3v) is 8.89. The van der Waals surface area contributed by atoms with Gasteiger partial charge < -0.3 is 0 Å². The molecule has 2 heterocycles. The molecule has 0 amide bonds. The fraction of sp³-hybridized carbons (Fsp3) is 0.259. The molecule has 0 spiro atoms. The maximum Gasteiger partial charge on any atom is 0.124 e. The molecule has 0 fully saturated rings. The van der Waals surface area contributed by atoms with Gasteiger partial charge in [-0.3, -0.25) is 0 Å². The molecule has 0 saturated heterocycles. The molecule has 2 aromatic heterocycles. The fourth-order valence-corrected chi connectivity index (χ4v) is 6.66. The van der Waals surface area contributed by atoms with Crippen LogP contribution in [0.5, 0.6) is 0 Å². The summed E-state index contributed by atoms with van der Waals surface area (Å²) in [7, 11) is 0. The van der Waals surface area contributed by atoms with Crippen LogP contribution in [0.15, 0.2) is 70.5 Å². The molecule has 5 aromatic rings. The molecule has 5 rings (SSSR count). The largest absolute Gasteiger partial charge is 0.241 e. The Morgan fingerprint density at radius 1 is 0.781 bits per heavy atom. The van der Waals surface area contributed by atoms with Gasteiger partial charge in [-0.25, -0.2) is 9.97 Å². The van der Waals surface area contributed by atoms with E-state index in [1.54, 1.807) is 34.4 Å². The Kier molecular flexibility index (Phi) is 5.60. The van der Waals surface area contributed by atoms with E-state index >= 15 is 0 Å². The molecule has 0 atom stereocenters. The lowest BCUT2D eigenvalue weighted by Gasteiger charge is -2.13. The molecule has 3 aromatic carbocycles. The number of aromatic nitrogens is 2. The molecule has 2 nitrogen and oxygen atoms in total. The summed E-state index contributed by atoms with van der Waals surface area (Å²) in [5, 5.41) is 2.28. The molecular formula is C27H26N2S3. The van der Waals surface area contributed by atoms with E-state index in [2.05, 4.69) is 95.3 Å². The predicted octanol–water partition coefficient (Wildman–Crippen LogP) is 9.15. The molecule has 0 bridgehead atoms. The Morgan fingerprint density at radius 3 is 2.09 bits per heavy atom. The standard InChI is InChI=1S/C27H26N2S3/c1-16(2)17-7-6-8-18(13-17)25-28-21-11-9-19(14-23(21)31-25)30-20-10-12-22-24(15-20)32-26(29-22)27(3,4)5/h6-16H,1-5H3. The lowest BCUT2D eigenvalue weighted by atomic mass is 9.98. The van der Waals surface area contributed by atoms with Crippen molar-refractivity contribution in [2.24, 2.45) is 0 Å². The van der Waals surface area contributed by atoms with E-state index in [-0.39, 0.29) is 5.41 Å². The van der Waals surface area contributed by atoms with E-state index in [9.17, 15) is 0 Å². The average Bonchev–Trinajstić information content (AvgIpc) is 3.37. The lowest BCUT2D eigenvalue weighted by Crippen LogP contribution is -2.09. The first-order valence-electron chi connectivity index (χ1n) is 10.9. The summed E-state index contributed by atoms with van der Waals surface area (Å²) in [6.45, 7) is 11.1. The number of hydrogen-bond acceptors (Lipinski definition) is 5. The smallest absolute Gasteiger partial charge is 0.124 e. The van der Waals surface area contributed by atoms with E-state index in [1.807, 2.05) is 0 Å². The van der Waals surface area contributed by atoms with Crippen LogP contribution in [0.1, 0.15) is 51.1 Å². The second-order valence-electron chi connectivity index (χ2n) is 9.43. The average molecular weight is 475 g/mol. The second kappa shape index (κ2) is 8.29. The molecular weight excluding hydrogens is 449 g/mol. The molecule has 0 saturated carbocycles. The Bertz CT molecular complexity index is 1420. The van der Waals surface area contributed by atoms with Gasteiger partial charge in [0.05, 0.1) is 25.4 Å². The normalized spacial score (nSPS) is 12.3. The van der Waals surface area contributed by atoms with Crippen LogP contribution < -0.4 is 0 Å². The zero-order valence-corrected chi connectivity index (χ0v) is 21.4. The number of fused-ring (bicyclic) bond motifs is 2. The third-order valence-electron chi connectivity index (χ3n) is 5.40. The first-order chi connectivity index (χ1) is 15.3. The van der Waals surface area contributed by atoms with Crippen LogP contribution in [0.25, 0.3) is 31.0 Å². The molecule has 0 N–H and O–H groups in total. The topological polar surface area (TPSA) is 25.8 Å². The van der Waals surface area contributed by atoms with Gasteiger partial charge in [0.25, 0.3) is 0 Å². The van der Waals surface area contributed by atoms with Crippen LogP contribution in [0.4, 0.5) is 0 Å². The van der Waals surface area contributed by atoms with E-state index in [0.717, 1.165) is 16.0 Å². The van der Waals surface area contributed by atoms with Gasteiger partial charge in [0, 0.05) is 20.8 Å². The van der Waals surface area contributed by atoms with Crippen LogP contribution in [-0.2, 0) is 5.41 Å². The minimum Gasteiger partial charge on any atom is -0.241 e. The van der Waals surface area contributed by atoms with Crippen LogP contribution in [-0.4, -0.2) is 9.97 Å². The van der Waals surface area contributed by atoms with Gasteiger partial charge >= 0.3 is 0 Å². The third kappa shape index (κ3) is 4.34. The molecule has 5 heteroatoms. The van der Waals surface area contributed by atoms with Gasteiger partial charge in [0.2, 0.25) is 0 Å². The van der Waals surface area contributed by atoms with Gasteiger partial charge in [0.1, 0.15) is 5.01 Å². The van der Waals surface area contributed by atoms with Crippen molar-refractivity contribution in [2.45, 2.75) is 55.7 Å². The highest BCUT2D eigenvalue weighted by Gasteiger charge is 2.19. The summed E-state index contributed by atoms with van der Waals surface area (Å²) in [5.41, 5.74) is 4.80. The van der Waals surface area contributed by atoms with E-state index in [4.69, 9.17) is 9.97 Å². The van der Waals surface area contributed by atoms with E-state index in [0.29, 0.717) is 5.92 Å². The highest BCUT2D eigenvalue weighted by atomic mass is 32.2. The molecule has 0 radical (unpaired) electrons. The zero-order chi connectivity index (χ0) is 22.5. The van der Waals surface area contributed by atoms with Crippen molar-refractivity contribution in [3.8, 4) is 10.6 Å². The summed E-state index contributed by atoms with van der Waals surface area (Å²) in [6.07, 6.45) is 0. The maximum absolute atomic E-state index is 4.90. The summed E-state index contributed by atoms with van der Waals surface area (Å²) >= 11 is 5.38. The van der Waals surface area contributed by atoms with Crippen molar-refractivity contribution in [1.29, 1.82) is 0 Å². The van der Waals surface area contributed by atoms with Gasteiger partial charge in [-0.05, 0) is 53.9 Å². The lowest BCUT2D eigenvalue weighted by molar-refractivity contribution is 0.587. The van der Waals surface area contributed by atoms with Gasteiger partial charge in [-0.15, -0.1) is 22.7 Å². The molecule has 0 aliphatic carbocycles. The van der Waals surface area contributed by atoms with Crippen LogP contribution >= 0.6 is 34.4 Å². The monoisotopic (exact) mass is 474 g/mol. The van der Waals surface area contributed by atoms with Crippen molar-refractivity contribution in [1.82, 2.24) is 9.97 Å². The van der Waals surface area contributed by atoms with Crippen LogP contribution in [0, 0.1) is 0 Å². The Hall–Kier alpha value is -2.21. The van der Waals surface area contributed by atoms with Gasteiger partial charge in [-0.2, -0.15) is 0 Å². The minimum absolute atomic E-state index is 0.0839. The fourth-order valence-electron chi connectivity index (χ4n) is 3.55. The van der Waals surface area contributed by atoms with Gasteiger partial charge in [-0.1, -0.05) is 64.6 Å². The van der Waals surface area contributed by atoms with Crippen molar-refractivity contribution in [3.63, 3.8) is 0 Å². The first kappa shape index (κ1) is 21.6. The molecule has 0 aliphatic rings. The number of hydrogen-bond donors (Lipinski definition) is 0. The number of rotatable bonds is 4. The number of thiazole rings is 2. The Morgan fingerprint density at radius 2 is 1.44 bits per heavy atom. The van der Waals surface area contributed by atoms with Crippen molar-refractivity contribution in [3.05, 3.63) is 71.2 Å². The molecule has 0 aliphatic heterocycles. The van der Waals surface area contributed by atoms with Crippen LogP contribution in [0.3, 0.4) is 0 Å². The van der Waals surface area contributed by atoms with E-state index in [1.165, 1.54) is 35.3 Å². The van der Waals surface area contributed by atoms with Crippen LogP contribution in [0.2, 0.25) is 0 Å². The first-order valence-corrected chi connectivity index (χ1v) is 13.3. The van der Waals surface area contributed by atoms with Crippen molar-refractivity contribution < 1.29 is 0 Å². The maximum atomic E-state index is 4.90. The minimum atomic E-state index is 0.0839. The second-order valence-corrected chi connectivity index (χ2v) is 12.6. The summed E-state index contributed by atoms with van der Waals surface area (Å²) < 4.78 is 2.49. The summed E-state index contributed by atoms with van der Waals surface area (Å²) in [5.74, 6) is 0.516. The van der Waals surface area contributed by atoms with Crippen molar-refractivity contribution >= 4 is 54.9 Å². The summed E-state index contributed by atoms with van der Waals surface area (Å²) in [4.78, 5) is 12.2. The SMILES string of the molecule is CC(C)c1cccc(-c2nc3ccc(Sc4ccc5nc(C(C)(C)C)sc5c4)cc3s2)c1.